The summed E-state index contributed by atoms with van der Waals surface area (Å²) in [4.78, 5) is 4.46. The maximum Gasteiger partial charge on any atom is 0.0651 e. The Balaban J connectivity index is 2.03. The zero-order valence-corrected chi connectivity index (χ0v) is 11.0. The fourth-order valence-electron chi connectivity index (χ4n) is 2.34. The van der Waals surface area contributed by atoms with Gasteiger partial charge in [-0.05, 0) is 41.6 Å². The first kappa shape index (κ1) is 11.9. The zero-order chi connectivity index (χ0) is 13.2. The van der Waals surface area contributed by atoms with Crippen molar-refractivity contribution in [3.8, 4) is 0 Å². The van der Waals surface area contributed by atoms with Crippen LogP contribution in [0.1, 0.15) is 16.8 Å². The molecule has 3 rings (SSSR count). The molecule has 3 heteroatoms. The van der Waals surface area contributed by atoms with E-state index in [4.69, 9.17) is 5.73 Å². The van der Waals surface area contributed by atoms with Gasteiger partial charge in [0.05, 0.1) is 12.2 Å². The Labute approximate surface area is 112 Å². The number of nitrogens with zero attached hydrogens (tertiary/aromatic N) is 2. The van der Waals surface area contributed by atoms with Crippen LogP contribution in [0.25, 0.3) is 10.9 Å². The molecule has 2 aromatic heterocycles. The van der Waals surface area contributed by atoms with Gasteiger partial charge in [0.1, 0.15) is 0 Å². The van der Waals surface area contributed by atoms with E-state index >= 15 is 0 Å². The van der Waals surface area contributed by atoms with Gasteiger partial charge < -0.3 is 10.3 Å². The molecule has 0 saturated carbocycles. The number of aromatic nitrogens is 2. The van der Waals surface area contributed by atoms with Gasteiger partial charge in [0, 0.05) is 24.5 Å². The van der Waals surface area contributed by atoms with Crippen molar-refractivity contribution in [2.24, 2.45) is 5.73 Å². The van der Waals surface area contributed by atoms with Crippen LogP contribution in [0.15, 0.2) is 48.8 Å². The van der Waals surface area contributed by atoms with Gasteiger partial charge >= 0.3 is 0 Å². The number of rotatable bonds is 3. The van der Waals surface area contributed by atoms with Gasteiger partial charge in [-0.1, -0.05) is 18.2 Å². The van der Waals surface area contributed by atoms with E-state index in [-0.39, 0.29) is 0 Å². The number of nitrogens with two attached hydrogens (primary N) is 1. The van der Waals surface area contributed by atoms with Crippen LogP contribution in [0, 0.1) is 6.92 Å². The van der Waals surface area contributed by atoms with Crippen LogP contribution < -0.4 is 5.73 Å². The fourth-order valence-corrected chi connectivity index (χ4v) is 2.34. The molecule has 0 aliphatic carbocycles. The first-order valence-corrected chi connectivity index (χ1v) is 6.46. The number of benzene rings is 1. The van der Waals surface area contributed by atoms with Gasteiger partial charge in [-0.15, -0.1) is 0 Å². The molecule has 0 atom stereocenters. The lowest BCUT2D eigenvalue weighted by molar-refractivity contribution is 0.799. The minimum absolute atomic E-state index is 0.573. The average Bonchev–Trinajstić information content (AvgIpc) is 2.84. The van der Waals surface area contributed by atoms with Crippen LogP contribution in [0.5, 0.6) is 0 Å². The number of fused-ring (bicyclic) bond motifs is 1. The smallest absolute Gasteiger partial charge is 0.0651 e. The molecule has 0 amide bonds. The van der Waals surface area contributed by atoms with E-state index in [1.807, 2.05) is 12.3 Å². The molecule has 3 aromatic rings. The van der Waals surface area contributed by atoms with Crippen LogP contribution in [0.4, 0.5) is 0 Å². The minimum atomic E-state index is 0.573. The van der Waals surface area contributed by atoms with E-state index in [0.717, 1.165) is 17.8 Å². The van der Waals surface area contributed by atoms with Crippen molar-refractivity contribution >= 4 is 10.9 Å². The summed E-state index contributed by atoms with van der Waals surface area (Å²) in [5.41, 5.74) is 10.4. The van der Waals surface area contributed by atoms with Crippen molar-refractivity contribution in [3.05, 3.63) is 65.6 Å². The first-order valence-electron chi connectivity index (χ1n) is 6.46. The third-order valence-electron chi connectivity index (χ3n) is 3.51. The monoisotopic (exact) mass is 251 g/mol. The SMILES string of the molecule is Cc1cccnc1Cn1ccc2ccc(CN)cc21. The third-order valence-corrected chi connectivity index (χ3v) is 3.51. The summed E-state index contributed by atoms with van der Waals surface area (Å²) in [5.74, 6) is 0. The van der Waals surface area contributed by atoms with Crippen molar-refractivity contribution < 1.29 is 0 Å². The Bertz CT molecular complexity index is 713. The van der Waals surface area contributed by atoms with Gasteiger partial charge in [0.2, 0.25) is 0 Å². The summed E-state index contributed by atoms with van der Waals surface area (Å²) >= 11 is 0. The molecular weight excluding hydrogens is 234 g/mol. The van der Waals surface area contributed by atoms with E-state index in [1.54, 1.807) is 0 Å². The van der Waals surface area contributed by atoms with Crippen LogP contribution >= 0.6 is 0 Å². The summed E-state index contributed by atoms with van der Waals surface area (Å²) in [6, 6.07) is 12.6. The highest BCUT2D eigenvalue weighted by atomic mass is 15.0. The van der Waals surface area contributed by atoms with Gasteiger partial charge in [-0.3, -0.25) is 4.98 Å². The predicted octanol–water partition coefficient (Wildman–Crippen LogP) is 2.85. The Hall–Kier alpha value is -2.13. The summed E-state index contributed by atoms with van der Waals surface area (Å²) in [7, 11) is 0. The van der Waals surface area contributed by atoms with E-state index in [1.165, 1.54) is 16.5 Å². The number of hydrogen-bond acceptors (Lipinski definition) is 2. The van der Waals surface area contributed by atoms with Gasteiger partial charge in [0.15, 0.2) is 0 Å². The van der Waals surface area contributed by atoms with Crippen LogP contribution in [0.3, 0.4) is 0 Å². The lowest BCUT2D eigenvalue weighted by atomic mass is 10.1. The van der Waals surface area contributed by atoms with E-state index in [9.17, 15) is 0 Å². The molecule has 0 saturated heterocycles. The van der Waals surface area contributed by atoms with Crippen LogP contribution in [-0.2, 0) is 13.1 Å². The molecule has 0 radical (unpaired) electrons. The minimum Gasteiger partial charge on any atom is -0.341 e. The molecule has 2 heterocycles. The number of pyridine rings is 1. The Morgan fingerprint density at radius 2 is 2.11 bits per heavy atom. The molecule has 19 heavy (non-hydrogen) atoms. The average molecular weight is 251 g/mol. The highest BCUT2D eigenvalue weighted by molar-refractivity contribution is 5.80. The van der Waals surface area contributed by atoms with Crippen molar-refractivity contribution in [2.75, 3.05) is 0 Å². The summed E-state index contributed by atoms with van der Waals surface area (Å²) in [5, 5.41) is 1.24. The Morgan fingerprint density at radius 1 is 1.21 bits per heavy atom. The highest BCUT2D eigenvalue weighted by Crippen LogP contribution is 2.19. The second-order valence-corrected chi connectivity index (χ2v) is 4.81. The fraction of sp³-hybridized carbons (Fsp3) is 0.188. The molecule has 3 nitrogen and oxygen atoms in total. The molecule has 0 fully saturated rings. The summed E-state index contributed by atoms with van der Waals surface area (Å²) in [6.45, 7) is 3.47. The van der Waals surface area contributed by atoms with Crippen molar-refractivity contribution in [1.29, 1.82) is 0 Å². The highest BCUT2D eigenvalue weighted by Gasteiger charge is 2.05. The standard InChI is InChI=1S/C16H17N3/c1-12-3-2-7-18-15(12)11-19-8-6-14-5-4-13(10-17)9-16(14)19/h2-9H,10-11,17H2,1H3. The lowest BCUT2D eigenvalue weighted by Crippen LogP contribution is -2.03. The molecular formula is C16H17N3. The molecule has 0 aliphatic heterocycles. The second kappa shape index (κ2) is 4.86. The van der Waals surface area contributed by atoms with Gasteiger partial charge in [-0.25, -0.2) is 0 Å². The molecule has 0 bridgehead atoms. The van der Waals surface area contributed by atoms with Crippen LogP contribution in [0.2, 0.25) is 0 Å². The molecule has 0 aliphatic rings. The number of hydrogen-bond donors (Lipinski definition) is 1. The second-order valence-electron chi connectivity index (χ2n) is 4.81. The van der Waals surface area contributed by atoms with Crippen molar-refractivity contribution in [3.63, 3.8) is 0 Å². The molecule has 0 spiro atoms. The third kappa shape index (κ3) is 2.25. The summed E-state index contributed by atoms with van der Waals surface area (Å²) in [6.07, 6.45) is 3.96. The lowest BCUT2D eigenvalue weighted by Gasteiger charge is -2.08. The number of aryl methyl sites for hydroxylation is 1. The maximum absolute atomic E-state index is 5.71. The van der Waals surface area contributed by atoms with E-state index in [2.05, 4.69) is 53.0 Å². The van der Waals surface area contributed by atoms with Crippen LogP contribution in [-0.4, -0.2) is 9.55 Å². The quantitative estimate of drug-likeness (QED) is 0.778. The van der Waals surface area contributed by atoms with E-state index in [0.29, 0.717) is 6.54 Å². The molecule has 1 aromatic carbocycles. The Morgan fingerprint density at radius 3 is 2.89 bits per heavy atom. The molecule has 96 valence electrons. The summed E-state index contributed by atoms with van der Waals surface area (Å²) < 4.78 is 2.23. The maximum atomic E-state index is 5.71. The normalized spacial score (nSPS) is 11.1. The molecule has 2 N–H and O–H groups in total. The van der Waals surface area contributed by atoms with Gasteiger partial charge in [0.25, 0.3) is 0 Å². The first-order chi connectivity index (χ1) is 9.28. The predicted molar refractivity (Wildman–Crippen MR) is 77.9 cm³/mol. The van der Waals surface area contributed by atoms with E-state index < -0.39 is 0 Å². The Kier molecular flexibility index (Phi) is 3.05. The van der Waals surface area contributed by atoms with Crippen molar-refractivity contribution in [2.45, 2.75) is 20.0 Å². The largest absolute Gasteiger partial charge is 0.341 e. The molecule has 0 unspecified atom stereocenters. The zero-order valence-electron chi connectivity index (χ0n) is 11.0. The topological polar surface area (TPSA) is 43.8 Å². The van der Waals surface area contributed by atoms with Crippen molar-refractivity contribution in [1.82, 2.24) is 9.55 Å². The van der Waals surface area contributed by atoms with Gasteiger partial charge in [-0.2, -0.15) is 0 Å².